The number of hydrogen-bond donors (Lipinski definition) is 2. The van der Waals surface area contributed by atoms with Crippen LogP contribution in [-0.2, 0) is 10.0 Å². The summed E-state index contributed by atoms with van der Waals surface area (Å²) in [4.78, 5) is 0. The van der Waals surface area contributed by atoms with Crippen LogP contribution in [0.3, 0.4) is 0 Å². The topological polar surface area (TPSA) is 58.2 Å². The van der Waals surface area contributed by atoms with Gasteiger partial charge in [-0.15, -0.1) is 11.3 Å². The van der Waals surface area contributed by atoms with Crippen molar-refractivity contribution in [3.8, 4) is 0 Å². The SMILES string of the molecule is Cc1cc(S(=O)(=O)NCCNC2CCCCCC2)sc1Cl. The van der Waals surface area contributed by atoms with Gasteiger partial charge in [0.25, 0.3) is 0 Å². The summed E-state index contributed by atoms with van der Waals surface area (Å²) in [6.07, 6.45) is 7.60. The molecular formula is C14H23ClN2O2S2. The summed E-state index contributed by atoms with van der Waals surface area (Å²) in [5, 5.41) is 3.45. The van der Waals surface area contributed by atoms with Crippen LogP contribution < -0.4 is 10.0 Å². The van der Waals surface area contributed by atoms with E-state index in [2.05, 4.69) is 10.0 Å². The molecule has 0 unspecified atom stereocenters. The quantitative estimate of drug-likeness (QED) is 0.611. The smallest absolute Gasteiger partial charge is 0.250 e. The molecule has 7 heteroatoms. The van der Waals surface area contributed by atoms with E-state index in [9.17, 15) is 8.42 Å². The molecule has 0 amide bonds. The Morgan fingerprint density at radius 2 is 1.90 bits per heavy atom. The van der Waals surface area contributed by atoms with Crippen molar-refractivity contribution in [1.29, 1.82) is 0 Å². The molecule has 0 spiro atoms. The molecular weight excluding hydrogens is 328 g/mol. The molecule has 4 nitrogen and oxygen atoms in total. The molecule has 1 aromatic heterocycles. The van der Waals surface area contributed by atoms with E-state index in [0.29, 0.717) is 27.7 Å². The molecule has 0 aromatic carbocycles. The Morgan fingerprint density at radius 3 is 2.48 bits per heavy atom. The van der Waals surface area contributed by atoms with Crippen LogP contribution >= 0.6 is 22.9 Å². The van der Waals surface area contributed by atoms with E-state index in [4.69, 9.17) is 11.6 Å². The lowest BCUT2D eigenvalue weighted by atomic mass is 10.1. The maximum absolute atomic E-state index is 12.1. The van der Waals surface area contributed by atoms with E-state index in [1.807, 2.05) is 6.92 Å². The number of hydrogen-bond acceptors (Lipinski definition) is 4. The molecule has 1 heterocycles. The molecule has 120 valence electrons. The molecule has 0 radical (unpaired) electrons. The van der Waals surface area contributed by atoms with Gasteiger partial charge in [-0.1, -0.05) is 37.3 Å². The zero-order valence-corrected chi connectivity index (χ0v) is 14.7. The minimum absolute atomic E-state index is 0.291. The molecule has 21 heavy (non-hydrogen) atoms. The van der Waals surface area contributed by atoms with Crippen molar-refractivity contribution >= 4 is 33.0 Å². The Bertz CT molecular complexity index is 530. The Kier molecular flexibility index (Phi) is 6.50. The molecule has 2 rings (SSSR count). The fourth-order valence-electron chi connectivity index (χ4n) is 2.58. The summed E-state index contributed by atoms with van der Waals surface area (Å²) >= 11 is 7.03. The van der Waals surface area contributed by atoms with Crippen molar-refractivity contribution in [2.45, 2.75) is 55.7 Å². The van der Waals surface area contributed by atoms with Crippen LogP contribution in [0.4, 0.5) is 0 Å². The summed E-state index contributed by atoms with van der Waals surface area (Å²) in [5.74, 6) is 0. The second kappa shape index (κ2) is 7.92. The monoisotopic (exact) mass is 350 g/mol. The number of nitrogens with one attached hydrogen (secondary N) is 2. The Balaban J connectivity index is 1.77. The summed E-state index contributed by atoms with van der Waals surface area (Å²) in [6.45, 7) is 2.89. The van der Waals surface area contributed by atoms with Gasteiger partial charge in [-0.2, -0.15) is 0 Å². The average molecular weight is 351 g/mol. The van der Waals surface area contributed by atoms with Crippen LogP contribution in [0.25, 0.3) is 0 Å². The molecule has 1 aromatic rings. The lowest BCUT2D eigenvalue weighted by Gasteiger charge is -2.16. The third-order valence-corrected chi connectivity index (χ3v) is 7.29. The standard InChI is InChI=1S/C14H23ClN2O2S2/c1-11-10-13(20-14(11)15)21(18,19)17-9-8-16-12-6-4-2-3-5-7-12/h10,12,16-17H,2-9H2,1H3. The van der Waals surface area contributed by atoms with Gasteiger partial charge < -0.3 is 5.32 Å². The molecule has 0 saturated heterocycles. The fraction of sp³-hybridized carbons (Fsp3) is 0.714. The zero-order chi connectivity index (χ0) is 15.3. The van der Waals surface area contributed by atoms with E-state index in [0.717, 1.165) is 16.9 Å². The largest absolute Gasteiger partial charge is 0.313 e. The molecule has 0 bridgehead atoms. The van der Waals surface area contributed by atoms with Crippen molar-refractivity contribution in [2.75, 3.05) is 13.1 Å². The van der Waals surface area contributed by atoms with E-state index in [1.54, 1.807) is 6.07 Å². The minimum atomic E-state index is -3.43. The highest BCUT2D eigenvalue weighted by molar-refractivity contribution is 7.91. The maximum Gasteiger partial charge on any atom is 0.250 e. The van der Waals surface area contributed by atoms with Crippen LogP contribution in [0, 0.1) is 6.92 Å². The molecule has 0 aliphatic heterocycles. The normalized spacial score (nSPS) is 17.8. The molecule has 1 fully saturated rings. The maximum atomic E-state index is 12.1. The van der Waals surface area contributed by atoms with Crippen LogP contribution in [0.5, 0.6) is 0 Å². The third-order valence-electron chi connectivity index (χ3n) is 3.80. The molecule has 1 aliphatic carbocycles. The first-order valence-electron chi connectivity index (χ1n) is 7.48. The highest BCUT2D eigenvalue weighted by Gasteiger charge is 2.18. The van der Waals surface area contributed by atoms with Crippen molar-refractivity contribution in [2.24, 2.45) is 0 Å². The van der Waals surface area contributed by atoms with Gasteiger partial charge in [0, 0.05) is 19.1 Å². The fourth-order valence-corrected chi connectivity index (χ4v) is 5.36. The first-order chi connectivity index (χ1) is 9.99. The first kappa shape index (κ1) is 17.2. The second-order valence-corrected chi connectivity index (χ2v) is 9.21. The highest BCUT2D eigenvalue weighted by atomic mass is 35.5. The van der Waals surface area contributed by atoms with Gasteiger partial charge in [0.1, 0.15) is 4.21 Å². The Labute approximate surface area is 136 Å². The lowest BCUT2D eigenvalue weighted by Crippen LogP contribution is -2.36. The van der Waals surface area contributed by atoms with Gasteiger partial charge in [0.15, 0.2) is 0 Å². The summed E-state index contributed by atoms with van der Waals surface area (Å²) < 4.78 is 27.7. The van der Waals surface area contributed by atoms with Crippen molar-refractivity contribution in [3.63, 3.8) is 0 Å². The summed E-state index contributed by atoms with van der Waals surface area (Å²) in [5.41, 5.74) is 0.804. The number of aryl methyl sites for hydroxylation is 1. The number of sulfonamides is 1. The van der Waals surface area contributed by atoms with Crippen molar-refractivity contribution in [3.05, 3.63) is 16.0 Å². The van der Waals surface area contributed by atoms with Gasteiger partial charge in [-0.3, -0.25) is 0 Å². The van der Waals surface area contributed by atoms with E-state index >= 15 is 0 Å². The first-order valence-corrected chi connectivity index (χ1v) is 10.2. The van der Waals surface area contributed by atoms with Gasteiger partial charge in [-0.25, -0.2) is 13.1 Å². The van der Waals surface area contributed by atoms with Crippen molar-refractivity contribution in [1.82, 2.24) is 10.0 Å². The minimum Gasteiger partial charge on any atom is -0.313 e. The average Bonchev–Trinajstić information content (AvgIpc) is 2.67. The lowest BCUT2D eigenvalue weighted by molar-refractivity contribution is 0.461. The van der Waals surface area contributed by atoms with Crippen LogP contribution in [0.15, 0.2) is 10.3 Å². The third kappa shape index (κ3) is 5.21. The van der Waals surface area contributed by atoms with Gasteiger partial charge >= 0.3 is 0 Å². The predicted molar refractivity (Wildman–Crippen MR) is 88.7 cm³/mol. The summed E-state index contributed by atoms with van der Waals surface area (Å²) in [7, 11) is -3.43. The molecule has 1 saturated carbocycles. The van der Waals surface area contributed by atoms with E-state index < -0.39 is 10.0 Å². The van der Waals surface area contributed by atoms with Crippen LogP contribution in [-0.4, -0.2) is 27.5 Å². The Morgan fingerprint density at radius 1 is 1.24 bits per heavy atom. The van der Waals surface area contributed by atoms with Gasteiger partial charge in [0.2, 0.25) is 10.0 Å². The second-order valence-electron chi connectivity index (χ2n) is 5.56. The van der Waals surface area contributed by atoms with Crippen LogP contribution in [0.2, 0.25) is 4.34 Å². The van der Waals surface area contributed by atoms with Crippen molar-refractivity contribution < 1.29 is 8.42 Å². The number of rotatable bonds is 6. The number of thiophene rings is 1. The highest BCUT2D eigenvalue weighted by Crippen LogP contribution is 2.29. The molecule has 0 atom stereocenters. The summed E-state index contributed by atoms with van der Waals surface area (Å²) in [6, 6.07) is 2.16. The zero-order valence-electron chi connectivity index (χ0n) is 12.3. The van der Waals surface area contributed by atoms with Gasteiger partial charge in [0.05, 0.1) is 4.34 Å². The number of halogens is 1. The van der Waals surface area contributed by atoms with E-state index in [-0.39, 0.29) is 0 Å². The Hall–Kier alpha value is -0.140. The molecule has 2 N–H and O–H groups in total. The molecule has 1 aliphatic rings. The van der Waals surface area contributed by atoms with E-state index in [1.165, 1.54) is 38.5 Å². The van der Waals surface area contributed by atoms with Gasteiger partial charge in [-0.05, 0) is 31.4 Å². The van der Waals surface area contributed by atoms with Crippen LogP contribution in [0.1, 0.15) is 44.1 Å². The predicted octanol–water partition coefficient (Wildman–Crippen LogP) is 3.30.